The predicted molar refractivity (Wildman–Crippen MR) is 53.3 cm³/mol. The van der Waals surface area contributed by atoms with E-state index < -0.39 is 17.9 Å². The molecular formula is C10H17NO4. The third-order valence-electron chi connectivity index (χ3n) is 2.55. The maximum atomic E-state index is 11.6. The summed E-state index contributed by atoms with van der Waals surface area (Å²) >= 11 is 0. The molecule has 1 aliphatic heterocycles. The summed E-state index contributed by atoms with van der Waals surface area (Å²) in [6, 6.07) is 0. The van der Waals surface area contributed by atoms with E-state index in [9.17, 15) is 9.59 Å². The molecule has 0 aromatic heterocycles. The number of ether oxygens (including phenoxy) is 2. The van der Waals surface area contributed by atoms with Gasteiger partial charge in [-0.1, -0.05) is 13.8 Å². The van der Waals surface area contributed by atoms with Gasteiger partial charge in [0.2, 0.25) is 0 Å². The van der Waals surface area contributed by atoms with Gasteiger partial charge >= 0.3 is 6.09 Å². The summed E-state index contributed by atoms with van der Waals surface area (Å²) in [6.45, 7) is 5.74. The molecule has 0 bridgehead atoms. The van der Waals surface area contributed by atoms with Crippen molar-refractivity contribution in [1.82, 2.24) is 4.90 Å². The van der Waals surface area contributed by atoms with Crippen molar-refractivity contribution in [2.75, 3.05) is 13.7 Å². The van der Waals surface area contributed by atoms with Gasteiger partial charge in [0.15, 0.2) is 0 Å². The van der Waals surface area contributed by atoms with Crippen molar-refractivity contribution in [3.63, 3.8) is 0 Å². The lowest BCUT2D eigenvalue weighted by atomic mass is 10.0. The summed E-state index contributed by atoms with van der Waals surface area (Å²) in [5.74, 6) is 0.117. The highest BCUT2D eigenvalue weighted by atomic mass is 16.6. The fourth-order valence-corrected chi connectivity index (χ4v) is 1.68. The molecule has 1 aliphatic rings. The molecule has 1 saturated heterocycles. The first-order valence-corrected chi connectivity index (χ1v) is 4.91. The molecule has 0 N–H and O–H groups in total. The van der Waals surface area contributed by atoms with Crippen LogP contribution in [0, 0.1) is 5.92 Å². The Labute approximate surface area is 89.3 Å². The number of aldehydes is 1. The zero-order valence-corrected chi connectivity index (χ0v) is 9.52. The van der Waals surface area contributed by atoms with E-state index in [0.717, 1.165) is 6.29 Å². The standard InChI is InChI=1S/C10H17NO4/c1-7(2)8-11(9(13)14-4)10(3,5-12)6-15-8/h5,7-8H,6H2,1-4H3/t8-,10-/m1/s1. The molecule has 1 rings (SSSR count). The third-order valence-corrected chi connectivity index (χ3v) is 2.55. The second-order valence-electron chi connectivity index (χ2n) is 4.26. The maximum Gasteiger partial charge on any atom is 0.412 e. The third kappa shape index (κ3) is 1.97. The van der Waals surface area contributed by atoms with Crippen LogP contribution in [-0.4, -0.2) is 42.8 Å². The summed E-state index contributed by atoms with van der Waals surface area (Å²) < 4.78 is 10.1. The molecule has 1 heterocycles. The minimum atomic E-state index is -0.915. The van der Waals surface area contributed by atoms with E-state index in [1.165, 1.54) is 12.0 Å². The van der Waals surface area contributed by atoms with E-state index in [1.54, 1.807) is 6.92 Å². The molecule has 1 fully saturated rings. The first kappa shape index (κ1) is 12.0. The monoisotopic (exact) mass is 215 g/mol. The molecule has 0 radical (unpaired) electrons. The van der Waals surface area contributed by atoms with Crippen molar-refractivity contribution < 1.29 is 19.1 Å². The summed E-state index contributed by atoms with van der Waals surface area (Å²) in [5.41, 5.74) is -0.915. The Hall–Kier alpha value is -1.10. The lowest BCUT2D eigenvalue weighted by molar-refractivity contribution is -0.115. The van der Waals surface area contributed by atoms with Crippen molar-refractivity contribution in [1.29, 1.82) is 0 Å². The van der Waals surface area contributed by atoms with Crippen LogP contribution in [0.4, 0.5) is 4.79 Å². The molecular weight excluding hydrogens is 198 g/mol. The van der Waals surface area contributed by atoms with Gasteiger partial charge in [-0.05, 0) is 12.8 Å². The second-order valence-corrected chi connectivity index (χ2v) is 4.26. The van der Waals surface area contributed by atoms with Crippen LogP contribution in [-0.2, 0) is 14.3 Å². The molecule has 0 spiro atoms. The van der Waals surface area contributed by atoms with Gasteiger partial charge in [0, 0.05) is 0 Å². The predicted octanol–water partition coefficient (Wildman–Crippen LogP) is 1.02. The van der Waals surface area contributed by atoms with Crippen molar-refractivity contribution in [2.24, 2.45) is 5.92 Å². The summed E-state index contributed by atoms with van der Waals surface area (Å²) in [7, 11) is 1.29. The normalized spacial score (nSPS) is 30.7. The average molecular weight is 215 g/mol. The summed E-state index contributed by atoms with van der Waals surface area (Å²) in [5, 5.41) is 0. The second kappa shape index (κ2) is 4.18. The molecule has 15 heavy (non-hydrogen) atoms. The van der Waals surface area contributed by atoms with Gasteiger partial charge in [0.05, 0.1) is 13.7 Å². The van der Waals surface area contributed by atoms with Gasteiger partial charge in [-0.2, -0.15) is 0 Å². The maximum absolute atomic E-state index is 11.6. The Morgan fingerprint density at radius 1 is 1.67 bits per heavy atom. The number of hydrogen-bond donors (Lipinski definition) is 0. The van der Waals surface area contributed by atoms with Crippen molar-refractivity contribution in [2.45, 2.75) is 32.5 Å². The Morgan fingerprint density at radius 3 is 2.67 bits per heavy atom. The fourth-order valence-electron chi connectivity index (χ4n) is 1.68. The molecule has 86 valence electrons. The Bertz CT molecular complexity index is 266. The minimum Gasteiger partial charge on any atom is -0.453 e. The highest BCUT2D eigenvalue weighted by molar-refractivity contribution is 5.77. The fraction of sp³-hybridized carbons (Fsp3) is 0.800. The zero-order chi connectivity index (χ0) is 11.6. The molecule has 0 aromatic rings. The quantitative estimate of drug-likeness (QED) is 0.645. The van der Waals surface area contributed by atoms with Crippen molar-refractivity contribution >= 4 is 12.4 Å². The number of rotatable bonds is 2. The number of hydrogen-bond acceptors (Lipinski definition) is 4. The summed E-state index contributed by atoms with van der Waals surface area (Å²) in [4.78, 5) is 23.9. The molecule has 0 saturated carbocycles. The first-order valence-electron chi connectivity index (χ1n) is 4.91. The highest BCUT2D eigenvalue weighted by Gasteiger charge is 2.48. The molecule has 5 heteroatoms. The van der Waals surface area contributed by atoms with E-state index in [-0.39, 0.29) is 12.5 Å². The first-order chi connectivity index (χ1) is 6.96. The van der Waals surface area contributed by atoms with Gasteiger partial charge in [-0.15, -0.1) is 0 Å². The van der Waals surface area contributed by atoms with Gasteiger partial charge in [-0.25, -0.2) is 4.79 Å². The smallest absolute Gasteiger partial charge is 0.412 e. The Morgan fingerprint density at radius 2 is 2.27 bits per heavy atom. The van der Waals surface area contributed by atoms with Crippen molar-refractivity contribution in [3.05, 3.63) is 0 Å². The van der Waals surface area contributed by atoms with Crippen LogP contribution in [0.25, 0.3) is 0 Å². The van der Waals surface area contributed by atoms with Crippen LogP contribution < -0.4 is 0 Å². The van der Waals surface area contributed by atoms with E-state index in [1.807, 2.05) is 13.8 Å². The van der Waals surface area contributed by atoms with E-state index in [4.69, 9.17) is 4.74 Å². The number of methoxy groups -OCH3 is 1. The van der Waals surface area contributed by atoms with Crippen molar-refractivity contribution in [3.8, 4) is 0 Å². The number of nitrogens with zero attached hydrogens (tertiary/aromatic N) is 1. The summed E-state index contributed by atoms with van der Waals surface area (Å²) in [6.07, 6.45) is -0.194. The number of carbonyl (C=O) groups excluding carboxylic acids is 2. The van der Waals surface area contributed by atoms with Gasteiger partial charge in [-0.3, -0.25) is 4.90 Å². The number of carbonyl (C=O) groups is 2. The van der Waals surface area contributed by atoms with E-state index >= 15 is 0 Å². The molecule has 1 amide bonds. The largest absolute Gasteiger partial charge is 0.453 e. The van der Waals surface area contributed by atoms with Gasteiger partial charge < -0.3 is 14.3 Å². The molecule has 0 aromatic carbocycles. The zero-order valence-electron chi connectivity index (χ0n) is 9.52. The van der Waals surface area contributed by atoms with E-state index in [0.29, 0.717) is 0 Å². The minimum absolute atomic E-state index is 0.117. The lowest BCUT2D eigenvalue weighted by Gasteiger charge is -2.32. The van der Waals surface area contributed by atoms with Crippen LogP contribution in [0.15, 0.2) is 0 Å². The van der Waals surface area contributed by atoms with Crippen LogP contribution in [0.2, 0.25) is 0 Å². The SMILES string of the molecule is COC(=O)N1[C@@H](C(C)C)OC[C@@]1(C)C=O. The molecule has 0 aliphatic carbocycles. The van der Waals surface area contributed by atoms with Gasteiger partial charge in [0.1, 0.15) is 18.1 Å². The topological polar surface area (TPSA) is 55.8 Å². The van der Waals surface area contributed by atoms with Crippen LogP contribution in [0.1, 0.15) is 20.8 Å². The highest BCUT2D eigenvalue weighted by Crippen LogP contribution is 2.30. The van der Waals surface area contributed by atoms with Crippen LogP contribution >= 0.6 is 0 Å². The molecule has 0 unspecified atom stereocenters. The lowest BCUT2D eigenvalue weighted by Crippen LogP contribution is -2.52. The van der Waals surface area contributed by atoms with E-state index in [2.05, 4.69) is 4.74 Å². The average Bonchev–Trinajstić information content (AvgIpc) is 2.56. The van der Waals surface area contributed by atoms with Crippen LogP contribution in [0.3, 0.4) is 0 Å². The Kier molecular flexibility index (Phi) is 3.34. The number of amides is 1. The van der Waals surface area contributed by atoms with Crippen LogP contribution in [0.5, 0.6) is 0 Å². The molecule has 5 nitrogen and oxygen atoms in total. The molecule has 2 atom stereocenters. The van der Waals surface area contributed by atoms with Gasteiger partial charge in [0.25, 0.3) is 0 Å². The Balaban J connectivity index is 2.97.